The van der Waals surface area contributed by atoms with Crippen molar-refractivity contribution in [1.82, 2.24) is 10.2 Å². The van der Waals surface area contributed by atoms with Gasteiger partial charge in [-0.3, -0.25) is 4.90 Å². The van der Waals surface area contributed by atoms with Gasteiger partial charge in [-0.25, -0.2) is 0 Å². The first-order valence-corrected chi connectivity index (χ1v) is 10.8. The number of likely N-dealkylation sites (tertiary alicyclic amines) is 1. The van der Waals surface area contributed by atoms with Crippen LogP contribution in [0.25, 0.3) is 11.1 Å². The lowest BCUT2D eigenvalue weighted by atomic mass is 9.74. The van der Waals surface area contributed by atoms with E-state index in [1.165, 1.54) is 18.4 Å². The van der Waals surface area contributed by atoms with E-state index in [-0.39, 0.29) is 12.6 Å². The summed E-state index contributed by atoms with van der Waals surface area (Å²) in [5.74, 6) is 1.19. The predicted octanol–water partition coefficient (Wildman–Crippen LogP) is 3.76. The fourth-order valence-electron chi connectivity index (χ4n) is 4.58. The third-order valence-corrected chi connectivity index (χ3v) is 6.41. The lowest BCUT2D eigenvalue weighted by Gasteiger charge is -2.55. The van der Waals surface area contributed by atoms with Crippen LogP contribution in [0.3, 0.4) is 0 Å². The summed E-state index contributed by atoms with van der Waals surface area (Å²) < 4.78 is 0. The summed E-state index contributed by atoms with van der Waals surface area (Å²) >= 11 is 0. The number of aliphatic hydroxyl groups is 1. The lowest BCUT2D eigenvalue weighted by Crippen LogP contribution is -2.67. The molecule has 0 amide bonds. The number of nitrogens with zero attached hydrogens (tertiary/aromatic N) is 2. The van der Waals surface area contributed by atoms with Crippen LogP contribution >= 0.6 is 0 Å². The molecule has 2 aliphatic rings. The van der Waals surface area contributed by atoms with Gasteiger partial charge in [-0.15, -0.1) is 0 Å². The summed E-state index contributed by atoms with van der Waals surface area (Å²) in [5.41, 5.74) is 4.27. The number of hydrogen-bond donors (Lipinski definition) is 2. The number of nitrogens with one attached hydrogen (secondary N) is 1. The second kappa shape index (κ2) is 8.67. The Morgan fingerprint density at radius 1 is 1.03 bits per heavy atom. The van der Waals surface area contributed by atoms with Crippen LogP contribution in [-0.4, -0.2) is 47.8 Å². The molecule has 152 valence electrons. The Morgan fingerprint density at radius 3 is 2.17 bits per heavy atom. The van der Waals surface area contributed by atoms with Gasteiger partial charge in [-0.2, -0.15) is 5.26 Å². The Bertz CT molecular complexity index is 849. The van der Waals surface area contributed by atoms with Crippen LogP contribution in [0.4, 0.5) is 0 Å². The molecule has 1 aliphatic carbocycles. The minimum atomic E-state index is 0.215. The van der Waals surface area contributed by atoms with E-state index in [0.717, 1.165) is 30.1 Å². The summed E-state index contributed by atoms with van der Waals surface area (Å²) in [6.07, 6.45) is 2.67. The molecule has 0 aromatic heterocycles. The van der Waals surface area contributed by atoms with E-state index in [1.807, 2.05) is 24.3 Å². The van der Waals surface area contributed by atoms with Gasteiger partial charge in [0.1, 0.15) is 0 Å². The van der Waals surface area contributed by atoms with Gasteiger partial charge in [0, 0.05) is 37.1 Å². The lowest BCUT2D eigenvalue weighted by molar-refractivity contribution is -0.0458. The van der Waals surface area contributed by atoms with Gasteiger partial charge in [-0.05, 0) is 47.6 Å². The molecule has 29 heavy (non-hydrogen) atoms. The van der Waals surface area contributed by atoms with Crippen molar-refractivity contribution in [2.45, 2.75) is 50.7 Å². The van der Waals surface area contributed by atoms with Crippen molar-refractivity contribution < 1.29 is 5.11 Å². The Labute approximate surface area is 174 Å². The maximum atomic E-state index is 10.1. The molecular formula is C25H31N3O. The van der Waals surface area contributed by atoms with Gasteiger partial charge >= 0.3 is 0 Å². The molecular weight excluding hydrogens is 358 g/mol. The Kier molecular flexibility index (Phi) is 6.01. The number of benzene rings is 2. The summed E-state index contributed by atoms with van der Waals surface area (Å²) in [4.78, 5) is 2.53. The van der Waals surface area contributed by atoms with E-state index in [2.05, 4.69) is 54.4 Å². The van der Waals surface area contributed by atoms with Crippen LogP contribution in [0.15, 0.2) is 48.5 Å². The normalized spacial score (nSPS) is 24.3. The van der Waals surface area contributed by atoms with Gasteiger partial charge in [0.05, 0.1) is 18.2 Å². The zero-order valence-corrected chi connectivity index (χ0v) is 17.4. The van der Waals surface area contributed by atoms with E-state index >= 15 is 0 Å². The van der Waals surface area contributed by atoms with Crippen LogP contribution in [0, 0.1) is 17.2 Å². The third kappa shape index (κ3) is 4.38. The van der Waals surface area contributed by atoms with Crippen molar-refractivity contribution in [2.75, 3.05) is 19.7 Å². The minimum Gasteiger partial charge on any atom is -0.395 e. The van der Waals surface area contributed by atoms with E-state index in [1.54, 1.807) is 0 Å². The van der Waals surface area contributed by atoms with Crippen LogP contribution < -0.4 is 5.32 Å². The van der Waals surface area contributed by atoms with Crippen molar-refractivity contribution in [1.29, 1.82) is 5.26 Å². The summed E-state index contributed by atoms with van der Waals surface area (Å²) in [7, 11) is 0. The monoisotopic (exact) mass is 389 g/mol. The molecule has 2 aromatic rings. The maximum absolute atomic E-state index is 10.1. The molecule has 2 aromatic carbocycles. The Morgan fingerprint density at radius 2 is 1.66 bits per heavy atom. The minimum absolute atomic E-state index is 0.215. The van der Waals surface area contributed by atoms with Crippen molar-refractivity contribution in [3.63, 3.8) is 0 Å². The molecule has 3 atom stereocenters. The van der Waals surface area contributed by atoms with Crippen LogP contribution in [0.2, 0.25) is 0 Å². The Hall–Kier alpha value is -2.19. The number of aliphatic hydroxyl groups excluding tert-OH is 1. The zero-order chi connectivity index (χ0) is 20.4. The van der Waals surface area contributed by atoms with Crippen LogP contribution in [0.5, 0.6) is 0 Å². The first kappa shape index (κ1) is 20.1. The first-order chi connectivity index (χ1) is 14.1. The number of rotatable bonds is 8. The molecule has 4 rings (SSSR count). The van der Waals surface area contributed by atoms with Gasteiger partial charge in [0.25, 0.3) is 0 Å². The molecule has 2 fully saturated rings. The molecule has 0 unspecified atom stereocenters. The zero-order valence-electron chi connectivity index (χ0n) is 17.4. The standard InChI is InChI=1S/C25H31N3O/c1-17(2)27-14-23-25(24(16-29)28(23)15-19-3-4-19)22-11-9-21(10-12-22)20-7-5-18(13-26)6-8-20/h5-12,17,19,23-25,27,29H,3-4,14-16H2,1-2H3/t23-,24-,25-/m1/s1. The molecule has 1 heterocycles. The molecule has 0 radical (unpaired) electrons. The average molecular weight is 390 g/mol. The molecule has 0 spiro atoms. The van der Waals surface area contributed by atoms with E-state index < -0.39 is 0 Å². The highest BCUT2D eigenvalue weighted by Gasteiger charge is 2.49. The van der Waals surface area contributed by atoms with Gasteiger partial charge < -0.3 is 10.4 Å². The second-order valence-corrected chi connectivity index (χ2v) is 8.86. The number of nitriles is 1. The number of hydrogen-bond acceptors (Lipinski definition) is 4. The van der Waals surface area contributed by atoms with Crippen molar-refractivity contribution >= 4 is 0 Å². The highest BCUT2D eigenvalue weighted by atomic mass is 16.3. The van der Waals surface area contributed by atoms with E-state index in [4.69, 9.17) is 5.26 Å². The summed E-state index contributed by atoms with van der Waals surface area (Å²) in [6.45, 7) is 6.68. The van der Waals surface area contributed by atoms with E-state index in [0.29, 0.717) is 23.6 Å². The Balaban J connectivity index is 1.53. The fourth-order valence-corrected chi connectivity index (χ4v) is 4.58. The van der Waals surface area contributed by atoms with E-state index in [9.17, 15) is 5.11 Å². The molecule has 0 bridgehead atoms. The quantitative estimate of drug-likeness (QED) is 0.722. The molecule has 1 saturated heterocycles. The summed E-state index contributed by atoms with van der Waals surface area (Å²) in [5, 5.41) is 22.7. The summed E-state index contributed by atoms with van der Waals surface area (Å²) in [6, 6.07) is 19.8. The van der Waals surface area contributed by atoms with Crippen molar-refractivity contribution in [3.05, 3.63) is 59.7 Å². The fraction of sp³-hybridized carbons (Fsp3) is 0.480. The van der Waals surface area contributed by atoms with Crippen LogP contribution in [-0.2, 0) is 0 Å². The second-order valence-electron chi connectivity index (χ2n) is 8.86. The topological polar surface area (TPSA) is 59.3 Å². The van der Waals surface area contributed by atoms with Gasteiger partial charge in [0.15, 0.2) is 0 Å². The smallest absolute Gasteiger partial charge is 0.0991 e. The molecule has 4 heteroatoms. The molecule has 4 nitrogen and oxygen atoms in total. The third-order valence-electron chi connectivity index (χ3n) is 6.41. The SMILES string of the molecule is CC(C)NC[C@@H]1[C@@H](c2ccc(-c3ccc(C#N)cc3)cc2)[C@@H](CO)N1CC1CC1. The molecule has 2 N–H and O–H groups in total. The molecule has 1 saturated carbocycles. The first-order valence-electron chi connectivity index (χ1n) is 10.8. The largest absolute Gasteiger partial charge is 0.395 e. The van der Waals surface area contributed by atoms with Crippen molar-refractivity contribution in [2.24, 2.45) is 5.92 Å². The van der Waals surface area contributed by atoms with Gasteiger partial charge in [0.2, 0.25) is 0 Å². The van der Waals surface area contributed by atoms with Gasteiger partial charge in [-0.1, -0.05) is 50.2 Å². The highest BCUT2D eigenvalue weighted by Crippen LogP contribution is 2.44. The maximum Gasteiger partial charge on any atom is 0.0991 e. The average Bonchev–Trinajstić information content (AvgIpc) is 3.55. The van der Waals surface area contributed by atoms with Crippen LogP contribution in [0.1, 0.15) is 43.7 Å². The highest BCUT2D eigenvalue weighted by molar-refractivity contribution is 5.64. The van der Waals surface area contributed by atoms with Crippen molar-refractivity contribution in [3.8, 4) is 17.2 Å². The predicted molar refractivity (Wildman–Crippen MR) is 117 cm³/mol. The molecule has 1 aliphatic heterocycles.